The number of hydrogen-bond donors (Lipinski definition) is 1. The molecule has 25 heavy (non-hydrogen) atoms. The van der Waals surface area contributed by atoms with Crippen LogP contribution in [0.1, 0.15) is 5.56 Å². The van der Waals surface area contributed by atoms with Crippen LogP contribution >= 0.6 is 11.3 Å². The Kier molecular flexibility index (Phi) is 4.83. The monoisotopic (exact) mass is 396 g/mol. The van der Waals surface area contributed by atoms with Gasteiger partial charge >= 0.3 is 0 Å². The number of thiophene rings is 1. The molecule has 0 saturated carbocycles. The fourth-order valence-corrected chi connectivity index (χ4v) is 5.23. The predicted molar refractivity (Wildman–Crippen MR) is 98.5 cm³/mol. The zero-order chi connectivity index (χ0) is 18.1. The van der Waals surface area contributed by atoms with Crippen LogP contribution in [-0.2, 0) is 26.6 Å². The van der Waals surface area contributed by atoms with Crippen molar-refractivity contribution in [3.05, 3.63) is 66.5 Å². The molecule has 2 heterocycles. The number of rotatable bonds is 6. The van der Waals surface area contributed by atoms with E-state index in [1.54, 1.807) is 24.3 Å². The Labute approximate surface area is 150 Å². The van der Waals surface area contributed by atoms with Crippen LogP contribution in [-0.4, -0.2) is 27.1 Å². The molecule has 1 aromatic carbocycles. The van der Waals surface area contributed by atoms with Gasteiger partial charge in [0.25, 0.3) is 10.0 Å². The second-order valence-corrected chi connectivity index (χ2v) is 10.4. The van der Waals surface area contributed by atoms with Crippen LogP contribution in [0.4, 0.5) is 0 Å². The number of aromatic nitrogens is 1. The smallest absolute Gasteiger partial charge is 0.248 e. The number of nitrogens with one attached hydrogen (secondary N) is 1. The minimum absolute atomic E-state index is 0.219. The zero-order valence-electron chi connectivity index (χ0n) is 13.3. The maximum absolute atomic E-state index is 12.5. The van der Waals surface area contributed by atoms with Gasteiger partial charge in [0.2, 0.25) is 10.0 Å². The molecule has 0 amide bonds. The third kappa shape index (κ3) is 4.18. The lowest BCUT2D eigenvalue weighted by Crippen LogP contribution is -2.21. The number of hydrogen-bond acceptors (Lipinski definition) is 5. The molecule has 0 spiro atoms. The highest BCUT2D eigenvalue weighted by Gasteiger charge is 2.18. The van der Waals surface area contributed by atoms with Gasteiger partial charge in [0.1, 0.15) is 4.21 Å². The summed E-state index contributed by atoms with van der Waals surface area (Å²) in [4.78, 5) is 0.827. The van der Waals surface area contributed by atoms with Crippen molar-refractivity contribution in [1.29, 1.82) is 0 Å². The molecule has 0 unspecified atom stereocenters. The van der Waals surface area contributed by atoms with Crippen LogP contribution in [0.15, 0.2) is 65.1 Å². The van der Waals surface area contributed by atoms with Crippen molar-refractivity contribution in [3.8, 4) is 10.4 Å². The summed E-state index contributed by atoms with van der Waals surface area (Å²) < 4.78 is 51.1. The van der Waals surface area contributed by atoms with E-state index in [9.17, 15) is 16.8 Å². The normalized spacial score (nSPS) is 12.4. The molecular weight excluding hydrogens is 380 g/mol. The van der Waals surface area contributed by atoms with Crippen LogP contribution in [0.3, 0.4) is 0 Å². The molecule has 1 N–H and O–H groups in total. The minimum Gasteiger partial charge on any atom is -0.248 e. The van der Waals surface area contributed by atoms with E-state index in [-0.39, 0.29) is 10.8 Å². The largest absolute Gasteiger partial charge is 0.277 e. The van der Waals surface area contributed by atoms with Gasteiger partial charge in [-0.05, 0) is 35.4 Å². The quantitative estimate of drug-likeness (QED) is 0.694. The van der Waals surface area contributed by atoms with Gasteiger partial charge < -0.3 is 0 Å². The second-order valence-electron chi connectivity index (χ2n) is 5.43. The fraction of sp³-hybridized carbons (Fsp3) is 0.125. The summed E-state index contributed by atoms with van der Waals surface area (Å²) in [5.41, 5.74) is 1.70. The molecule has 6 nitrogen and oxygen atoms in total. The average Bonchev–Trinajstić information content (AvgIpc) is 3.24. The van der Waals surface area contributed by atoms with Crippen molar-refractivity contribution >= 4 is 31.4 Å². The van der Waals surface area contributed by atoms with E-state index < -0.39 is 20.0 Å². The Morgan fingerprint density at radius 2 is 1.60 bits per heavy atom. The average molecular weight is 397 g/mol. The van der Waals surface area contributed by atoms with Gasteiger partial charge in [-0.2, -0.15) is 8.42 Å². The van der Waals surface area contributed by atoms with E-state index in [1.807, 2.05) is 24.3 Å². The highest BCUT2D eigenvalue weighted by atomic mass is 32.2. The van der Waals surface area contributed by atoms with Crippen molar-refractivity contribution in [2.75, 3.05) is 6.26 Å². The number of nitrogens with zero attached hydrogens (tertiary/aromatic N) is 1. The third-order valence-corrected chi connectivity index (χ3v) is 7.39. The molecule has 3 rings (SSSR count). The molecule has 0 atom stereocenters. The second kappa shape index (κ2) is 6.75. The summed E-state index contributed by atoms with van der Waals surface area (Å²) >= 11 is 1.19. The highest BCUT2D eigenvalue weighted by molar-refractivity contribution is 7.92. The van der Waals surface area contributed by atoms with E-state index in [2.05, 4.69) is 4.72 Å². The summed E-state index contributed by atoms with van der Waals surface area (Å²) in [5, 5.41) is 0. The summed E-state index contributed by atoms with van der Waals surface area (Å²) in [6.07, 6.45) is 4.11. The molecule has 0 aliphatic rings. The van der Waals surface area contributed by atoms with E-state index >= 15 is 0 Å². The van der Waals surface area contributed by atoms with Crippen molar-refractivity contribution in [2.24, 2.45) is 0 Å². The molecular formula is C16H16N2O4S3. The third-order valence-electron chi connectivity index (χ3n) is 3.47. The molecule has 9 heteroatoms. The van der Waals surface area contributed by atoms with Crippen LogP contribution in [0.2, 0.25) is 0 Å². The SMILES string of the molecule is CS(=O)(=O)NCc1ccc(-c2ccc(S(=O)(=O)n3cccc3)s2)cc1. The predicted octanol–water partition coefficient (Wildman–Crippen LogP) is 2.50. The van der Waals surface area contributed by atoms with Crippen LogP contribution < -0.4 is 4.72 Å². The standard InChI is InChI=1S/C16H16N2O4S3/c1-24(19,20)17-12-13-4-6-14(7-5-13)15-8-9-16(23-15)25(21,22)18-10-2-3-11-18/h2-11,17H,12H2,1H3. The van der Waals surface area contributed by atoms with Gasteiger partial charge in [0.05, 0.1) is 6.26 Å². The van der Waals surface area contributed by atoms with Crippen LogP contribution in [0.25, 0.3) is 10.4 Å². The van der Waals surface area contributed by atoms with E-state index in [0.717, 1.165) is 22.3 Å². The summed E-state index contributed by atoms with van der Waals surface area (Å²) in [6.45, 7) is 0.219. The van der Waals surface area contributed by atoms with E-state index in [4.69, 9.17) is 0 Å². The number of sulfonamides is 1. The van der Waals surface area contributed by atoms with Gasteiger partial charge in [-0.15, -0.1) is 11.3 Å². The lowest BCUT2D eigenvalue weighted by atomic mass is 10.1. The molecule has 132 valence electrons. The first-order chi connectivity index (χ1) is 11.8. The van der Waals surface area contributed by atoms with Crippen LogP contribution in [0, 0.1) is 0 Å². The maximum atomic E-state index is 12.5. The Balaban J connectivity index is 1.81. The Hall–Kier alpha value is -1.94. The lowest BCUT2D eigenvalue weighted by molar-refractivity contribution is 0.586. The molecule has 0 bridgehead atoms. The summed E-state index contributed by atoms with van der Waals surface area (Å²) in [7, 11) is -6.79. The molecule has 0 fully saturated rings. The van der Waals surface area contributed by atoms with Gasteiger partial charge in [0, 0.05) is 23.8 Å². The first-order valence-corrected chi connectivity index (χ1v) is 11.4. The number of benzene rings is 1. The fourth-order valence-electron chi connectivity index (χ4n) is 2.20. The lowest BCUT2D eigenvalue weighted by Gasteiger charge is -2.04. The van der Waals surface area contributed by atoms with E-state index in [1.165, 1.54) is 27.7 Å². The first kappa shape index (κ1) is 17.9. The first-order valence-electron chi connectivity index (χ1n) is 7.28. The van der Waals surface area contributed by atoms with Crippen molar-refractivity contribution < 1.29 is 16.8 Å². The summed E-state index contributed by atoms with van der Waals surface area (Å²) in [6, 6.07) is 14.0. The molecule has 0 saturated heterocycles. The molecule has 0 radical (unpaired) electrons. The Morgan fingerprint density at radius 1 is 0.960 bits per heavy atom. The molecule has 3 aromatic rings. The maximum Gasteiger partial charge on any atom is 0.277 e. The van der Waals surface area contributed by atoms with Gasteiger partial charge in [-0.3, -0.25) is 0 Å². The molecule has 0 aliphatic carbocycles. The van der Waals surface area contributed by atoms with E-state index in [0.29, 0.717) is 0 Å². The summed E-state index contributed by atoms with van der Waals surface area (Å²) in [5.74, 6) is 0. The van der Waals surface area contributed by atoms with Gasteiger partial charge in [-0.1, -0.05) is 24.3 Å². The van der Waals surface area contributed by atoms with Crippen LogP contribution in [0.5, 0.6) is 0 Å². The van der Waals surface area contributed by atoms with Crippen molar-refractivity contribution in [3.63, 3.8) is 0 Å². The minimum atomic E-state index is -3.56. The Morgan fingerprint density at radius 3 is 2.20 bits per heavy atom. The topological polar surface area (TPSA) is 85.2 Å². The van der Waals surface area contributed by atoms with Crippen molar-refractivity contribution in [2.45, 2.75) is 10.8 Å². The zero-order valence-corrected chi connectivity index (χ0v) is 15.7. The Bertz CT molecular complexity index is 1060. The molecule has 0 aliphatic heterocycles. The van der Waals surface area contributed by atoms with Gasteiger partial charge in [-0.25, -0.2) is 17.1 Å². The van der Waals surface area contributed by atoms with Crippen molar-refractivity contribution in [1.82, 2.24) is 8.69 Å². The molecule has 2 aromatic heterocycles. The van der Waals surface area contributed by atoms with Gasteiger partial charge in [0.15, 0.2) is 0 Å². The highest BCUT2D eigenvalue weighted by Crippen LogP contribution is 2.31.